The molecule has 0 radical (unpaired) electrons. The van der Waals surface area contributed by atoms with Crippen molar-refractivity contribution >= 4 is 40.5 Å². The first kappa shape index (κ1) is 15.2. The maximum Gasteiger partial charge on any atom is 0.294 e. The van der Waals surface area contributed by atoms with Crippen molar-refractivity contribution in [2.75, 3.05) is 5.32 Å². The van der Waals surface area contributed by atoms with E-state index in [4.69, 9.17) is 23.2 Å². The SMILES string of the molecule is Cc1cc(C(=O)Nc2ccc(Cl)cc2[N+](=O)[O-])cc(Cl)n1. The highest BCUT2D eigenvalue weighted by Gasteiger charge is 2.17. The molecule has 0 spiro atoms. The summed E-state index contributed by atoms with van der Waals surface area (Å²) in [6.45, 7) is 1.69. The molecule has 0 saturated carbocycles. The average Bonchev–Trinajstić information content (AvgIpc) is 2.39. The molecule has 0 fully saturated rings. The fourth-order valence-corrected chi connectivity index (χ4v) is 2.13. The second-order valence-electron chi connectivity index (χ2n) is 4.19. The van der Waals surface area contributed by atoms with Crippen LogP contribution in [0, 0.1) is 17.0 Å². The Balaban J connectivity index is 2.33. The first-order valence-corrected chi connectivity index (χ1v) is 6.52. The first-order chi connectivity index (χ1) is 9.86. The van der Waals surface area contributed by atoms with Crippen molar-refractivity contribution in [1.29, 1.82) is 0 Å². The van der Waals surface area contributed by atoms with Gasteiger partial charge in [-0.15, -0.1) is 0 Å². The normalized spacial score (nSPS) is 10.2. The topological polar surface area (TPSA) is 85.1 Å². The standard InChI is InChI=1S/C13H9Cl2N3O3/c1-7-4-8(5-12(15)16-7)13(19)17-10-3-2-9(14)6-11(10)18(20)21/h2-6H,1H3,(H,17,19). The number of nitro groups is 1. The van der Waals surface area contributed by atoms with E-state index in [1.807, 2.05) is 0 Å². The van der Waals surface area contributed by atoms with Crippen LogP contribution in [-0.4, -0.2) is 15.8 Å². The van der Waals surface area contributed by atoms with Crippen LogP contribution >= 0.6 is 23.2 Å². The number of carbonyl (C=O) groups is 1. The number of nitrogens with one attached hydrogen (secondary N) is 1. The van der Waals surface area contributed by atoms with Crippen LogP contribution in [-0.2, 0) is 0 Å². The molecule has 0 saturated heterocycles. The molecule has 6 nitrogen and oxygen atoms in total. The van der Waals surface area contributed by atoms with Gasteiger partial charge in [-0.05, 0) is 31.2 Å². The van der Waals surface area contributed by atoms with E-state index >= 15 is 0 Å². The summed E-state index contributed by atoms with van der Waals surface area (Å²) < 4.78 is 0. The highest BCUT2D eigenvalue weighted by atomic mass is 35.5. The number of nitrogens with zero attached hydrogens (tertiary/aromatic N) is 2. The highest BCUT2D eigenvalue weighted by molar-refractivity contribution is 6.31. The number of aromatic nitrogens is 1. The van der Waals surface area contributed by atoms with Gasteiger partial charge in [0.15, 0.2) is 0 Å². The van der Waals surface area contributed by atoms with Gasteiger partial charge in [0.05, 0.1) is 4.92 Å². The summed E-state index contributed by atoms with van der Waals surface area (Å²) in [5.74, 6) is -0.521. The van der Waals surface area contributed by atoms with Crippen LogP contribution in [0.4, 0.5) is 11.4 Å². The van der Waals surface area contributed by atoms with Gasteiger partial charge in [-0.3, -0.25) is 14.9 Å². The summed E-state index contributed by atoms with van der Waals surface area (Å²) in [6, 6.07) is 6.90. The van der Waals surface area contributed by atoms with E-state index in [0.29, 0.717) is 5.69 Å². The van der Waals surface area contributed by atoms with Crippen molar-refractivity contribution in [3.63, 3.8) is 0 Å². The minimum absolute atomic E-state index is 0.0555. The van der Waals surface area contributed by atoms with Crippen molar-refractivity contribution in [1.82, 2.24) is 4.98 Å². The summed E-state index contributed by atoms with van der Waals surface area (Å²) in [5.41, 5.74) is 0.600. The summed E-state index contributed by atoms with van der Waals surface area (Å²) in [5, 5.41) is 13.8. The highest BCUT2D eigenvalue weighted by Crippen LogP contribution is 2.28. The summed E-state index contributed by atoms with van der Waals surface area (Å²) >= 11 is 11.5. The molecule has 108 valence electrons. The van der Waals surface area contributed by atoms with Crippen molar-refractivity contribution in [3.05, 3.63) is 61.9 Å². The molecule has 2 rings (SSSR count). The van der Waals surface area contributed by atoms with Gasteiger partial charge >= 0.3 is 0 Å². The first-order valence-electron chi connectivity index (χ1n) is 5.76. The zero-order chi connectivity index (χ0) is 15.6. The predicted molar refractivity (Wildman–Crippen MR) is 80.0 cm³/mol. The molecule has 0 atom stereocenters. The Kier molecular flexibility index (Phi) is 4.40. The van der Waals surface area contributed by atoms with E-state index in [1.165, 1.54) is 30.3 Å². The molecule has 1 amide bonds. The number of amides is 1. The summed E-state index contributed by atoms with van der Waals surface area (Å²) in [4.78, 5) is 26.4. The molecule has 0 bridgehead atoms. The lowest BCUT2D eigenvalue weighted by atomic mass is 10.2. The average molecular weight is 326 g/mol. The van der Waals surface area contributed by atoms with Gasteiger partial charge in [0.1, 0.15) is 10.8 Å². The third-order valence-electron chi connectivity index (χ3n) is 2.59. The number of halogens is 2. The molecular formula is C13H9Cl2N3O3. The van der Waals surface area contributed by atoms with Gasteiger partial charge in [0.2, 0.25) is 0 Å². The Hall–Kier alpha value is -2.18. The minimum atomic E-state index is -0.619. The maximum atomic E-state index is 12.1. The van der Waals surface area contributed by atoms with Gasteiger partial charge in [-0.1, -0.05) is 23.2 Å². The number of anilines is 1. The lowest BCUT2D eigenvalue weighted by Crippen LogP contribution is -2.13. The Morgan fingerprint density at radius 2 is 2.00 bits per heavy atom. The molecule has 0 aliphatic carbocycles. The Labute approximate surface area is 129 Å². The number of pyridine rings is 1. The molecular weight excluding hydrogens is 317 g/mol. The van der Waals surface area contributed by atoms with Crippen LogP contribution in [0.15, 0.2) is 30.3 Å². The summed E-state index contributed by atoms with van der Waals surface area (Å²) in [7, 11) is 0. The number of benzene rings is 1. The van der Waals surface area contributed by atoms with E-state index in [0.717, 1.165) is 0 Å². The fraction of sp³-hybridized carbons (Fsp3) is 0.0769. The van der Waals surface area contributed by atoms with Crippen molar-refractivity contribution in [3.8, 4) is 0 Å². The summed E-state index contributed by atoms with van der Waals surface area (Å²) in [6.07, 6.45) is 0. The number of hydrogen-bond acceptors (Lipinski definition) is 4. The molecule has 0 unspecified atom stereocenters. The Morgan fingerprint density at radius 1 is 1.29 bits per heavy atom. The number of rotatable bonds is 3. The van der Waals surface area contributed by atoms with Gasteiger partial charge in [-0.25, -0.2) is 4.98 Å². The lowest BCUT2D eigenvalue weighted by molar-refractivity contribution is -0.383. The predicted octanol–water partition coefficient (Wildman–Crippen LogP) is 3.86. The number of aryl methyl sites for hydroxylation is 1. The van der Waals surface area contributed by atoms with E-state index in [9.17, 15) is 14.9 Å². The largest absolute Gasteiger partial charge is 0.316 e. The van der Waals surface area contributed by atoms with Crippen LogP contribution in [0.5, 0.6) is 0 Å². The molecule has 1 aromatic heterocycles. The lowest BCUT2D eigenvalue weighted by Gasteiger charge is -2.07. The zero-order valence-corrected chi connectivity index (χ0v) is 12.3. The quantitative estimate of drug-likeness (QED) is 0.527. The van der Waals surface area contributed by atoms with Crippen molar-refractivity contribution in [2.45, 2.75) is 6.92 Å². The molecule has 1 N–H and O–H groups in total. The minimum Gasteiger partial charge on any atom is -0.316 e. The van der Waals surface area contributed by atoms with E-state index in [-0.39, 0.29) is 27.1 Å². The third-order valence-corrected chi connectivity index (χ3v) is 3.02. The van der Waals surface area contributed by atoms with Gasteiger partial charge in [-0.2, -0.15) is 0 Å². The van der Waals surface area contributed by atoms with Crippen LogP contribution < -0.4 is 5.32 Å². The molecule has 8 heteroatoms. The van der Waals surface area contributed by atoms with Crippen LogP contribution in [0.3, 0.4) is 0 Å². The zero-order valence-electron chi connectivity index (χ0n) is 10.8. The molecule has 1 aromatic carbocycles. The fourth-order valence-electron chi connectivity index (χ4n) is 1.72. The van der Waals surface area contributed by atoms with Gasteiger partial charge in [0, 0.05) is 22.3 Å². The number of nitro benzene ring substituents is 1. The maximum absolute atomic E-state index is 12.1. The van der Waals surface area contributed by atoms with Crippen molar-refractivity contribution in [2.24, 2.45) is 0 Å². The number of hydrogen-bond donors (Lipinski definition) is 1. The van der Waals surface area contributed by atoms with E-state index in [1.54, 1.807) is 6.92 Å². The molecule has 21 heavy (non-hydrogen) atoms. The second kappa shape index (κ2) is 6.07. The smallest absolute Gasteiger partial charge is 0.294 e. The number of carbonyl (C=O) groups excluding carboxylic acids is 1. The van der Waals surface area contributed by atoms with E-state index in [2.05, 4.69) is 10.3 Å². The van der Waals surface area contributed by atoms with Crippen LogP contribution in [0.25, 0.3) is 0 Å². The molecule has 0 aliphatic heterocycles. The van der Waals surface area contributed by atoms with Crippen LogP contribution in [0.1, 0.15) is 16.1 Å². The second-order valence-corrected chi connectivity index (χ2v) is 5.02. The van der Waals surface area contributed by atoms with Crippen molar-refractivity contribution < 1.29 is 9.72 Å². The van der Waals surface area contributed by atoms with Gasteiger partial charge < -0.3 is 5.32 Å². The molecule has 1 heterocycles. The Morgan fingerprint density at radius 3 is 2.62 bits per heavy atom. The Bertz CT molecular complexity index is 714. The third kappa shape index (κ3) is 3.68. The monoisotopic (exact) mass is 325 g/mol. The van der Waals surface area contributed by atoms with Gasteiger partial charge in [0.25, 0.3) is 11.6 Å². The van der Waals surface area contributed by atoms with Crippen LogP contribution in [0.2, 0.25) is 10.2 Å². The molecule has 2 aromatic rings. The molecule has 0 aliphatic rings. The van der Waals surface area contributed by atoms with E-state index < -0.39 is 10.8 Å².